The molecule has 2 aliphatic heterocycles. The first-order valence-electron chi connectivity index (χ1n) is 11.2. The number of rotatable bonds is 5. The van der Waals surface area contributed by atoms with Gasteiger partial charge in [-0.3, -0.25) is 19.0 Å². The zero-order valence-corrected chi connectivity index (χ0v) is 18.9. The molecular weight excluding hydrogens is 459 g/mol. The molecule has 2 amide bonds. The summed E-state index contributed by atoms with van der Waals surface area (Å²) in [4.78, 5) is 44.5. The van der Waals surface area contributed by atoms with E-state index in [4.69, 9.17) is 0 Å². The highest BCUT2D eigenvalue weighted by Gasteiger charge is 2.46. The van der Waals surface area contributed by atoms with Crippen LogP contribution in [0.3, 0.4) is 0 Å². The van der Waals surface area contributed by atoms with E-state index in [2.05, 4.69) is 31.0 Å². The number of hydrogen-bond donors (Lipinski definition) is 3. The standard InChI is InChI=1S/C22H23FN8O4/c1-30-28-17(27-29-30)19(34)26-22-8-6-13(7-9-22)11-31-20(35)16(32)15(25-21(22)31)18(33)24-10-12-2-4-14(23)5-3-12/h2-5,13,32H,6-11H2,1H3,(H,24,33)(H,26,34). The van der Waals surface area contributed by atoms with Crippen LogP contribution in [0.4, 0.5) is 4.39 Å². The first kappa shape index (κ1) is 22.6. The molecule has 182 valence electrons. The number of halogens is 1. The van der Waals surface area contributed by atoms with Gasteiger partial charge in [-0.05, 0) is 54.5 Å². The van der Waals surface area contributed by atoms with Gasteiger partial charge in [-0.15, -0.1) is 10.2 Å². The number of aromatic hydroxyl groups is 1. The Hall–Kier alpha value is -4.16. The zero-order valence-electron chi connectivity index (χ0n) is 18.9. The van der Waals surface area contributed by atoms with Crippen LogP contribution in [0.1, 0.15) is 58.2 Å². The van der Waals surface area contributed by atoms with Crippen LogP contribution in [0.5, 0.6) is 5.75 Å². The normalized spacial score (nSPS) is 20.7. The van der Waals surface area contributed by atoms with Gasteiger partial charge in [0.2, 0.25) is 5.75 Å². The van der Waals surface area contributed by atoms with E-state index in [0.717, 1.165) is 17.6 Å². The van der Waals surface area contributed by atoms with Gasteiger partial charge in [0, 0.05) is 13.1 Å². The second-order valence-corrected chi connectivity index (χ2v) is 8.94. The number of fused-ring (bicyclic) bond motifs is 2. The first-order chi connectivity index (χ1) is 16.8. The molecule has 0 radical (unpaired) electrons. The van der Waals surface area contributed by atoms with Crippen molar-refractivity contribution in [2.24, 2.45) is 13.0 Å². The maximum absolute atomic E-state index is 13.1. The number of nitrogens with zero attached hydrogens (tertiary/aromatic N) is 6. The van der Waals surface area contributed by atoms with E-state index in [1.165, 1.54) is 35.9 Å². The molecule has 1 aromatic carbocycles. The van der Waals surface area contributed by atoms with Crippen molar-refractivity contribution < 1.29 is 19.1 Å². The van der Waals surface area contributed by atoms with Crippen LogP contribution in [-0.2, 0) is 25.7 Å². The lowest BCUT2D eigenvalue weighted by molar-refractivity contribution is 0.0839. The van der Waals surface area contributed by atoms with E-state index in [9.17, 15) is 23.9 Å². The molecule has 2 bridgehead atoms. The Kier molecular flexibility index (Phi) is 5.53. The van der Waals surface area contributed by atoms with Crippen LogP contribution < -0.4 is 16.2 Å². The molecule has 0 spiro atoms. The lowest BCUT2D eigenvalue weighted by Crippen LogP contribution is -2.50. The summed E-state index contributed by atoms with van der Waals surface area (Å²) in [5, 5.41) is 27.5. The number of aryl methyl sites for hydroxylation is 1. The first-order valence-corrected chi connectivity index (χ1v) is 11.2. The zero-order chi connectivity index (χ0) is 24.7. The number of hydrogen-bond acceptors (Lipinski definition) is 8. The molecule has 13 heteroatoms. The number of tetrazole rings is 1. The van der Waals surface area contributed by atoms with E-state index in [-0.39, 0.29) is 24.1 Å². The summed E-state index contributed by atoms with van der Waals surface area (Å²) < 4.78 is 14.5. The van der Waals surface area contributed by atoms with Gasteiger partial charge in [0.1, 0.15) is 11.6 Å². The number of carbonyl (C=O) groups excluding carboxylic acids is 2. The molecule has 1 aliphatic carbocycles. The van der Waals surface area contributed by atoms with Crippen molar-refractivity contribution in [3.05, 3.63) is 63.3 Å². The fraction of sp³-hybridized carbons (Fsp3) is 0.409. The Morgan fingerprint density at radius 1 is 1.20 bits per heavy atom. The third kappa shape index (κ3) is 4.13. The third-order valence-electron chi connectivity index (χ3n) is 6.62. The van der Waals surface area contributed by atoms with Crippen LogP contribution in [0, 0.1) is 11.7 Å². The van der Waals surface area contributed by atoms with Crippen molar-refractivity contribution in [1.82, 2.24) is 40.4 Å². The largest absolute Gasteiger partial charge is 0.501 e. The van der Waals surface area contributed by atoms with E-state index in [1.807, 2.05) is 0 Å². The van der Waals surface area contributed by atoms with Gasteiger partial charge in [-0.25, -0.2) is 9.37 Å². The molecule has 1 saturated carbocycles. The Labute approximate surface area is 198 Å². The maximum atomic E-state index is 13.1. The van der Waals surface area contributed by atoms with Crippen LogP contribution in [0.15, 0.2) is 29.1 Å². The highest BCUT2D eigenvalue weighted by atomic mass is 19.1. The SMILES string of the molecule is Cn1nnc(C(=O)NC23CCC(CC2)Cn2c3nc(C(=O)NCc3ccc(F)cc3)c(O)c2=O)n1. The molecule has 6 rings (SSSR count). The van der Waals surface area contributed by atoms with E-state index >= 15 is 0 Å². The van der Waals surface area contributed by atoms with Crippen LogP contribution >= 0.6 is 0 Å². The molecule has 0 saturated heterocycles. The highest BCUT2D eigenvalue weighted by molar-refractivity contribution is 5.94. The van der Waals surface area contributed by atoms with E-state index in [1.54, 1.807) is 0 Å². The number of nitrogens with one attached hydrogen (secondary N) is 2. The highest BCUT2D eigenvalue weighted by Crippen LogP contribution is 2.43. The Morgan fingerprint density at radius 3 is 2.57 bits per heavy atom. The van der Waals surface area contributed by atoms with E-state index < -0.39 is 40.2 Å². The van der Waals surface area contributed by atoms with Crippen molar-refractivity contribution in [2.75, 3.05) is 0 Å². The number of benzene rings is 1. The monoisotopic (exact) mass is 482 g/mol. The number of carbonyl (C=O) groups is 2. The van der Waals surface area contributed by atoms with Crippen LogP contribution in [0.2, 0.25) is 0 Å². The smallest absolute Gasteiger partial charge is 0.296 e. The summed E-state index contributed by atoms with van der Waals surface area (Å²) in [6, 6.07) is 5.55. The Balaban J connectivity index is 1.50. The van der Waals surface area contributed by atoms with Crippen molar-refractivity contribution >= 4 is 11.8 Å². The van der Waals surface area contributed by atoms with Crippen molar-refractivity contribution in [3.63, 3.8) is 0 Å². The second-order valence-electron chi connectivity index (χ2n) is 8.94. The quantitative estimate of drug-likeness (QED) is 0.471. The maximum Gasteiger partial charge on any atom is 0.296 e. The van der Waals surface area contributed by atoms with Crippen molar-refractivity contribution in [3.8, 4) is 5.75 Å². The summed E-state index contributed by atoms with van der Waals surface area (Å²) in [7, 11) is 1.54. The number of amides is 2. The van der Waals surface area contributed by atoms with Gasteiger partial charge in [0.25, 0.3) is 23.2 Å². The van der Waals surface area contributed by atoms with Gasteiger partial charge >= 0.3 is 0 Å². The molecule has 2 aromatic heterocycles. The minimum Gasteiger partial charge on any atom is -0.501 e. The fourth-order valence-corrected chi connectivity index (χ4v) is 4.77. The minimum atomic E-state index is -1.04. The van der Waals surface area contributed by atoms with Crippen molar-refractivity contribution in [2.45, 2.75) is 44.3 Å². The van der Waals surface area contributed by atoms with Gasteiger partial charge in [0.05, 0.1) is 12.6 Å². The summed E-state index contributed by atoms with van der Waals surface area (Å²) >= 11 is 0. The summed E-state index contributed by atoms with van der Waals surface area (Å²) in [6.45, 7) is 0.369. The lowest BCUT2D eigenvalue weighted by Gasteiger charge is -2.36. The molecule has 35 heavy (non-hydrogen) atoms. The van der Waals surface area contributed by atoms with E-state index in [0.29, 0.717) is 24.9 Å². The average Bonchev–Trinajstić information content (AvgIpc) is 3.16. The lowest BCUT2D eigenvalue weighted by atomic mass is 9.77. The van der Waals surface area contributed by atoms with Crippen molar-refractivity contribution in [1.29, 1.82) is 0 Å². The molecule has 3 N–H and O–H groups in total. The fourth-order valence-electron chi connectivity index (χ4n) is 4.77. The average molecular weight is 482 g/mol. The Morgan fingerprint density at radius 2 is 1.91 bits per heavy atom. The molecule has 0 unspecified atom stereocenters. The predicted molar refractivity (Wildman–Crippen MR) is 118 cm³/mol. The van der Waals surface area contributed by atoms with Gasteiger partial charge in [-0.2, -0.15) is 4.80 Å². The van der Waals surface area contributed by atoms with Gasteiger partial charge in [0.15, 0.2) is 5.69 Å². The summed E-state index contributed by atoms with van der Waals surface area (Å²) in [5.74, 6) is -2.24. The van der Waals surface area contributed by atoms with Gasteiger partial charge < -0.3 is 15.7 Å². The molecule has 3 aliphatic rings. The summed E-state index contributed by atoms with van der Waals surface area (Å²) in [5.41, 5.74) is -1.58. The Bertz CT molecular complexity index is 1360. The van der Waals surface area contributed by atoms with Gasteiger partial charge in [-0.1, -0.05) is 12.1 Å². The number of aromatic nitrogens is 6. The molecule has 0 atom stereocenters. The minimum absolute atomic E-state index is 0.0426. The second kappa shape index (κ2) is 8.56. The predicted octanol–water partition coefficient (Wildman–Crippen LogP) is 0.371. The van der Waals surface area contributed by atoms with Crippen LogP contribution in [-0.4, -0.2) is 46.7 Å². The molecular formula is C22H23FN8O4. The molecule has 3 aromatic rings. The third-order valence-corrected chi connectivity index (χ3v) is 6.62. The molecule has 4 heterocycles. The van der Waals surface area contributed by atoms with Crippen LogP contribution in [0.25, 0.3) is 0 Å². The molecule has 12 nitrogen and oxygen atoms in total. The molecule has 1 fully saturated rings. The topological polar surface area (TPSA) is 157 Å². The summed E-state index contributed by atoms with van der Waals surface area (Å²) in [6.07, 6.45) is 2.45.